The highest BCUT2D eigenvalue weighted by molar-refractivity contribution is 5.92. The van der Waals surface area contributed by atoms with Crippen molar-refractivity contribution in [3.05, 3.63) is 113 Å². The average molecular weight is 454 g/mol. The van der Waals surface area contributed by atoms with Gasteiger partial charge in [-0.2, -0.15) is 4.68 Å². The van der Waals surface area contributed by atoms with E-state index in [1.165, 1.54) is 0 Å². The monoisotopic (exact) mass is 453 g/mol. The van der Waals surface area contributed by atoms with E-state index in [2.05, 4.69) is 20.8 Å². The first kappa shape index (κ1) is 21.4. The molecule has 0 saturated carbocycles. The number of ether oxygens (including phenoxy) is 2. The van der Waals surface area contributed by atoms with Crippen molar-refractivity contribution in [1.29, 1.82) is 0 Å². The fourth-order valence-corrected chi connectivity index (χ4v) is 3.87. The molecule has 3 aromatic carbocycles. The Labute approximate surface area is 196 Å². The van der Waals surface area contributed by atoms with Crippen LogP contribution in [0, 0.1) is 0 Å². The summed E-state index contributed by atoms with van der Waals surface area (Å²) in [6.45, 7) is 2.47. The van der Waals surface area contributed by atoms with Gasteiger partial charge < -0.3 is 14.8 Å². The third-order valence-corrected chi connectivity index (χ3v) is 5.59. The number of carbonyl (C=O) groups excluding carboxylic acids is 1. The summed E-state index contributed by atoms with van der Waals surface area (Å²) < 4.78 is 13.1. The van der Waals surface area contributed by atoms with Gasteiger partial charge in [-0.3, -0.25) is 0 Å². The first-order chi connectivity index (χ1) is 16.7. The van der Waals surface area contributed by atoms with Crippen LogP contribution in [0.4, 0.5) is 5.95 Å². The molecule has 0 spiro atoms. The SMILES string of the molecule is CC1=C(C(=O)OCc2ccccc2)[C@H](c2ccc(OCc3ccccc3)cc2)n2nnnc2N1. The van der Waals surface area contributed by atoms with E-state index in [0.717, 1.165) is 22.4 Å². The first-order valence-electron chi connectivity index (χ1n) is 10.9. The zero-order valence-corrected chi connectivity index (χ0v) is 18.6. The number of hydrogen-bond acceptors (Lipinski definition) is 7. The highest BCUT2D eigenvalue weighted by Gasteiger charge is 2.35. The molecule has 34 heavy (non-hydrogen) atoms. The van der Waals surface area contributed by atoms with Crippen LogP contribution in [0.3, 0.4) is 0 Å². The van der Waals surface area contributed by atoms with Gasteiger partial charge in [0.05, 0.1) is 5.57 Å². The summed E-state index contributed by atoms with van der Waals surface area (Å²) in [5.41, 5.74) is 3.94. The van der Waals surface area contributed by atoms with Gasteiger partial charge in [0, 0.05) is 5.70 Å². The number of benzene rings is 3. The molecule has 1 N–H and O–H groups in total. The van der Waals surface area contributed by atoms with Crippen LogP contribution < -0.4 is 10.1 Å². The Kier molecular flexibility index (Phi) is 6.03. The van der Waals surface area contributed by atoms with Crippen molar-refractivity contribution < 1.29 is 14.3 Å². The largest absolute Gasteiger partial charge is 0.489 e. The molecule has 0 aliphatic carbocycles. The van der Waals surface area contributed by atoms with Gasteiger partial charge in [0.1, 0.15) is 25.0 Å². The van der Waals surface area contributed by atoms with Gasteiger partial charge in [-0.25, -0.2) is 4.79 Å². The third kappa shape index (κ3) is 4.52. The van der Waals surface area contributed by atoms with Crippen LogP contribution in [0.5, 0.6) is 5.75 Å². The number of fused-ring (bicyclic) bond motifs is 1. The number of tetrazole rings is 1. The zero-order valence-electron chi connectivity index (χ0n) is 18.6. The Morgan fingerprint density at radius 1 is 0.912 bits per heavy atom. The van der Waals surface area contributed by atoms with E-state index < -0.39 is 12.0 Å². The molecule has 1 aromatic heterocycles. The van der Waals surface area contributed by atoms with Gasteiger partial charge in [0.2, 0.25) is 5.95 Å². The van der Waals surface area contributed by atoms with Crippen molar-refractivity contribution >= 4 is 11.9 Å². The number of nitrogens with one attached hydrogen (secondary N) is 1. The van der Waals surface area contributed by atoms with E-state index in [4.69, 9.17) is 9.47 Å². The maximum absolute atomic E-state index is 13.2. The molecule has 0 radical (unpaired) electrons. The van der Waals surface area contributed by atoms with Crippen LogP contribution in [-0.4, -0.2) is 26.2 Å². The Morgan fingerprint density at radius 2 is 1.56 bits per heavy atom. The quantitative estimate of drug-likeness (QED) is 0.418. The molecular formula is C26H23N5O3. The van der Waals surface area contributed by atoms with E-state index in [-0.39, 0.29) is 6.61 Å². The number of nitrogens with zero attached hydrogens (tertiary/aromatic N) is 4. The number of rotatable bonds is 7. The molecule has 1 aliphatic heterocycles. The lowest BCUT2D eigenvalue weighted by atomic mass is 9.95. The van der Waals surface area contributed by atoms with Crippen LogP contribution in [0.25, 0.3) is 0 Å². The molecule has 4 aromatic rings. The molecule has 2 heterocycles. The number of aromatic nitrogens is 4. The predicted molar refractivity (Wildman–Crippen MR) is 126 cm³/mol. The maximum atomic E-state index is 13.2. The summed E-state index contributed by atoms with van der Waals surface area (Å²) in [5, 5.41) is 15.0. The van der Waals surface area contributed by atoms with Crippen LogP contribution in [0.1, 0.15) is 29.7 Å². The molecule has 0 fully saturated rings. The Bertz CT molecular complexity index is 1300. The zero-order chi connectivity index (χ0) is 23.3. The fourth-order valence-electron chi connectivity index (χ4n) is 3.87. The number of anilines is 1. The highest BCUT2D eigenvalue weighted by atomic mass is 16.5. The van der Waals surface area contributed by atoms with E-state index in [9.17, 15) is 4.79 Å². The minimum absolute atomic E-state index is 0.178. The minimum Gasteiger partial charge on any atom is -0.489 e. The van der Waals surface area contributed by atoms with E-state index in [0.29, 0.717) is 23.8 Å². The van der Waals surface area contributed by atoms with Crippen molar-refractivity contribution in [1.82, 2.24) is 20.2 Å². The molecule has 0 bridgehead atoms. The highest BCUT2D eigenvalue weighted by Crippen LogP contribution is 2.35. The van der Waals surface area contributed by atoms with Crippen molar-refractivity contribution in [3.63, 3.8) is 0 Å². The molecule has 1 atom stereocenters. The van der Waals surface area contributed by atoms with E-state index in [1.807, 2.05) is 91.9 Å². The Morgan fingerprint density at radius 3 is 2.24 bits per heavy atom. The van der Waals surface area contributed by atoms with Gasteiger partial charge in [-0.15, -0.1) is 0 Å². The summed E-state index contributed by atoms with van der Waals surface area (Å²) in [6.07, 6.45) is 0. The normalized spacial score (nSPS) is 14.8. The van der Waals surface area contributed by atoms with Crippen molar-refractivity contribution in [3.8, 4) is 5.75 Å². The van der Waals surface area contributed by atoms with Crippen molar-refractivity contribution in [2.75, 3.05) is 5.32 Å². The number of carbonyl (C=O) groups is 1. The lowest BCUT2D eigenvalue weighted by Gasteiger charge is -2.27. The summed E-state index contributed by atoms with van der Waals surface area (Å²) in [5.74, 6) is 0.767. The molecular weight excluding hydrogens is 430 g/mol. The van der Waals surface area contributed by atoms with Gasteiger partial charge in [0.15, 0.2) is 0 Å². The van der Waals surface area contributed by atoms with E-state index in [1.54, 1.807) is 4.68 Å². The summed E-state index contributed by atoms with van der Waals surface area (Å²) in [6, 6.07) is 26.6. The first-order valence-corrected chi connectivity index (χ1v) is 10.9. The second kappa shape index (κ2) is 9.58. The minimum atomic E-state index is -0.530. The van der Waals surface area contributed by atoms with Crippen molar-refractivity contribution in [2.45, 2.75) is 26.2 Å². The standard InChI is InChI=1S/C26H23N5O3/c1-18-23(25(32)34-17-20-10-6-3-7-11-20)24(31-26(27-18)28-29-30-31)21-12-14-22(15-13-21)33-16-19-8-4-2-5-9-19/h2-15,24H,16-17H2,1H3,(H,27,28,30)/t24-/m0/s1. The number of allylic oxidation sites excluding steroid dienone is 1. The Hall–Kier alpha value is -4.46. The molecule has 0 amide bonds. The molecule has 170 valence electrons. The Balaban J connectivity index is 1.38. The maximum Gasteiger partial charge on any atom is 0.338 e. The molecule has 8 heteroatoms. The third-order valence-electron chi connectivity index (χ3n) is 5.59. The fraction of sp³-hybridized carbons (Fsp3) is 0.154. The molecule has 8 nitrogen and oxygen atoms in total. The molecule has 0 unspecified atom stereocenters. The second-order valence-electron chi connectivity index (χ2n) is 7.92. The molecule has 0 saturated heterocycles. The number of hydrogen-bond donors (Lipinski definition) is 1. The lowest BCUT2D eigenvalue weighted by Crippen LogP contribution is -2.29. The molecule has 5 rings (SSSR count). The van der Waals surface area contributed by atoms with Crippen LogP contribution >= 0.6 is 0 Å². The summed E-state index contributed by atoms with van der Waals surface area (Å²) >= 11 is 0. The van der Waals surface area contributed by atoms with Crippen LogP contribution in [-0.2, 0) is 22.7 Å². The predicted octanol–water partition coefficient (Wildman–Crippen LogP) is 4.28. The van der Waals surface area contributed by atoms with Crippen molar-refractivity contribution in [2.24, 2.45) is 0 Å². The van der Waals surface area contributed by atoms with E-state index >= 15 is 0 Å². The van der Waals surface area contributed by atoms with Crippen LogP contribution in [0.2, 0.25) is 0 Å². The summed E-state index contributed by atoms with van der Waals surface area (Å²) in [4.78, 5) is 13.2. The van der Waals surface area contributed by atoms with Gasteiger partial charge in [0.25, 0.3) is 0 Å². The topological polar surface area (TPSA) is 91.2 Å². The molecule has 1 aliphatic rings. The van der Waals surface area contributed by atoms with Gasteiger partial charge >= 0.3 is 5.97 Å². The second-order valence-corrected chi connectivity index (χ2v) is 7.92. The lowest BCUT2D eigenvalue weighted by molar-refractivity contribution is -0.140. The van der Waals surface area contributed by atoms with Crippen LogP contribution in [0.15, 0.2) is 96.2 Å². The number of esters is 1. The van der Waals surface area contributed by atoms with Gasteiger partial charge in [-0.1, -0.05) is 77.9 Å². The average Bonchev–Trinajstić information content (AvgIpc) is 3.35. The summed E-state index contributed by atoms with van der Waals surface area (Å²) in [7, 11) is 0. The smallest absolute Gasteiger partial charge is 0.338 e. The van der Waals surface area contributed by atoms with Gasteiger partial charge in [-0.05, 0) is 46.2 Å².